The predicted octanol–water partition coefficient (Wildman–Crippen LogP) is 4.85. The molecule has 10 heteroatoms. The Morgan fingerprint density at radius 3 is 2.50 bits per heavy atom. The number of halogens is 2. The normalized spacial score (nSPS) is 14.1. The molecular weight excluding hydrogens is 468 g/mol. The lowest BCUT2D eigenvalue weighted by molar-refractivity contribution is -0.286. The molecule has 0 bridgehead atoms. The van der Waals surface area contributed by atoms with Crippen molar-refractivity contribution in [1.82, 2.24) is 14.5 Å². The summed E-state index contributed by atoms with van der Waals surface area (Å²) in [6, 6.07) is 18.7. The largest absolute Gasteiger partial charge is 0.586 e. The number of rotatable bonds is 6. The molecule has 1 unspecified atom stereocenters. The highest BCUT2D eigenvalue weighted by molar-refractivity contribution is 5.68. The van der Waals surface area contributed by atoms with E-state index in [4.69, 9.17) is 10.00 Å². The third-order valence-corrected chi connectivity index (χ3v) is 5.64. The molecular formula is C26H17F2N5O3. The van der Waals surface area contributed by atoms with Crippen molar-refractivity contribution >= 4 is 0 Å². The highest BCUT2D eigenvalue weighted by Crippen LogP contribution is 2.43. The highest BCUT2D eigenvalue weighted by atomic mass is 19.3. The van der Waals surface area contributed by atoms with Crippen molar-refractivity contribution in [2.24, 2.45) is 7.05 Å². The summed E-state index contributed by atoms with van der Waals surface area (Å²) < 4.78 is 44.2. The van der Waals surface area contributed by atoms with Crippen molar-refractivity contribution in [3.05, 3.63) is 95.2 Å². The fourth-order valence-corrected chi connectivity index (χ4v) is 3.89. The molecule has 0 saturated heterocycles. The van der Waals surface area contributed by atoms with Crippen molar-refractivity contribution < 1.29 is 23.0 Å². The first-order chi connectivity index (χ1) is 17.4. The van der Waals surface area contributed by atoms with E-state index in [0.717, 1.165) is 11.3 Å². The summed E-state index contributed by atoms with van der Waals surface area (Å²) in [6.45, 7) is 0.0779. The molecule has 4 aromatic rings. The van der Waals surface area contributed by atoms with Gasteiger partial charge in [-0.15, -0.1) is 8.78 Å². The van der Waals surface area contributed by atoms with Crippen LogP contribution in [0.25, 0.3) is 11.3 Å². The Morgan fingerprint density at radius 1 is 1.03 bits per heavy atom. The second-order valence-electron chi connectivity index (χ2n) is 8.00. The number of ether oxygens (including phenoxy) is 3. The summed E-state index contributed by atoms with van der Waals surface area (Å²) in [5.41, 5.74) is 3.75. The van der Waals surface area contributed by atoms with Crippen LogP contribution in [-0.2, 0) is 18.4 Å². The number of aryl methyl sites for hydroxylation is 1. The Labute approximate surface area is 204 Å². The molecule has 0 amide bonds. The number of imidazole rings is 1. The number of hydrogen-bond donors (Lipinski definition) is 0. The molecule has 2 aromatic heterocycles. The topological polar surface area (TPSA) is 106 Å². The third-order valence-electron chi connectivity index (χ3n) is 5.64. The molecule has 2 aromatic carbocycles. The Kier molecular flexibility index (Phi) is 5.80. The summed E-state index contributed by atoms with van der Waals surface area (Å²) in [5.74, 6) is -0.214. The Hall–Kier alpha value is -4.80. The van der Waals surface area contributed by atoms with Crippen LogP contribution < -0.4 is 9.47 Å². The SMILES string of the molecule is Cn1cncc1C(OCc1ccc(C#N)nc1-c1ccc2c(c1)OC(F)(F)O2)c1ccc(C#N)cc1. The van der Waals surface area contributed by atoms with Gasteiger partial charge in [-0.1, -0.05) is 18.2 Å². The van der Waals surface area contributed by atoms with Gasteiger partial charge in [0.1, 0.15) is 17.9 Å². The van der Waals surface area contributed by atoms with E-state index >= 15 is 0 Å². The van der Waals surface area contributed by atoms with Crippen LogP contribution in [0.15, 0.2) is 67.1 Å². The maximum absolute atomic E-state index is 13.5. The minimum Gasteiger partial charge on any atom is -0.395 e. The summed E-state index contributed by atoms with van der Waals surface area (Å²) in [5, 5.41) is 18.5. The zero-order valence-corrected chi connectivity index (χ0v) is 18.9. The average Bonchev–Trinajstić information content (AvgIpc) is 3.44. The standard InChI is InChI=1S/C26H17F2N5O3/c1-33-15-31-13-21(33)25(17-4-2-16(11-29)3-5-17)34-14-19-6-8-20(12-30)32-24(19)18-7-9-22-23(10-18)36-26(27,28)35-22/h2-10,13,15,25H,14H2,1H3. The second-order valence-corrected chi connectivity index (χ2v) is 8.00. The molecule has 3 heterocycles. The molecule has 36 heavy (non-hydrogen) atoms. The van der Waals surface area contributed by atoms with Gasteiger partial charge in [-0.25, -0.2) is 9.97 Å². The molecule has 0 saturated carbocycles. The maximum atomic E-state index is 13.5. The number of benzene rings is 2. The fraction of sp³-hybridized carbons (Fsp3) is 0.154. The van der Waals surface area contributed by atoms with Crippen molar-refractivity contribution in [3.8, 4) is 34.9 Å². The second kappa shape index (κ2) is 9.10. The van der Waals surface area contributed by atoms with E-state index in [0.29, 0.717) is 22.4 Å². The van der Waals surface area contributed by atoms with Gasteiger partial charge >= 0.3 is 6.29 Å². The van der Waals surface area contributed by atoms with E-state index in [-0.39, 0.29) is 23.8 Å². The van der Waals surface area contributed by atoms with E-state index in [1.54, 1.807) is 42.9 Å². The molecule has 0 aliphatic carbocycles. The van der Waals surface area contributed by atoms with Crippen molar-refractivity contribution in [2.75, 3.05) is 0 Å². The molecule has 0 spiro atoms. The first kappa shape index (κ1) is 23.0. The van der Waals surface area contributed by atoms with Crippen LogP contribution in [0.1, 0.15) is 34.2 Å². The zero-order chi connectivity index (χ0) is 25.3. The molecule has 0 N–H and O–H groups in total. The molecule has 178 valence electrons. The van der Waals surface area contributed by atoms with Crippen molar-refractivity contribution in [2.45, 2.75) is 19.0 Å². The number of alkyl halides is 2. The zero-order valence-electron chi connectivity index (χ0n) is 18.9. The summed E-state index contributed by atoms with van der Waals surface area (Å²) in [7, 11) is 1.85. The number of fused-ring (bicyclic) bond motifs is 1. The quantitative estimate of drug-likeness (QED) is 0.384. The number of hydrogen-bond acceptors (Lipinski definition) is 7. The van der Waals surface area contributed by atoms with Crippen LogP contribution in [0.5, 0.6) is 11.5 Å². The summed E-state index contributed by atoms with van der Waals surface area (Å²) in [6.07, 6.45) is -0.915. The molecule has 5 rings (SSSR count). The lowest BCUT2D eigenvalue weighted by Gasteiger charge is -2.20. The van der Waals surface area contributed by atoms with Crippen LogP contribution >= 0.6 is 0 Å². The molecule has 1 aliphatic rings. The lowest BCUT2D eigenvalue weighted by Crippen LogP contribution is -2.25. The van der Waals surface area contributed by atoms with E-state index in [2.05, 4.69) is 25.5 Å². The maximum Gasteiger partial charge on any atom is 0.586 e. The Bertz CT molecular complexity index is 1520. The van der Waals surface area contributed by atoms with Crippen LogP contribution in [-0.4, -0.2) is 20.8 Å². The van der Waals surface area contributed by atoms with E-state index < -0.39 is 12.4 Å². The molecule has 0 fully saturated rings. The van der Waals surface area contributed by atoms with Gasteiger partial charge in [-0.2, -0.15) is 10.5 Å². The van der Waals surface area contributed by atoms with Crippen LogP contribution in [0, 0.1) is 22.7 Å². The Balaban J connectivity index is 1.49. The number of nitrogens with zero attached hydrogens (tertiary/aromatic N) is 5. The third kappa shape index (κ3) is 4.45. The van der Waals surface area contributed by atoms with Gasteiger partial charge in [0.2, 0.25) is 0 Å². The van der Waals surface area contributed by atoms with Crippen molar-refractivity contribution in [3.63, 3.8) is 0 Å². The molecule has 1 atom stereocenters. The average molecular weight is 485 g/mol. The molecule has 8 nitrogen and oxygen atoms in total. The van der Waals surface area contributed by atoms with Crippen LogP contribution in [0.4, 0.5) is 8.78 Å². The number of pyridine rings is 1. The number of aromatic nitrogens is 3. The minimum atomic E-state index is -3.74. The van der Waals surface area contributed by atoms with Crippen LogP contribution in [0.2, 0.25) is 0 Å². The van der Waals surface area contributed by atoms with Gasteiger partial charge in [0.25, 0.3) is 0 Å². The van der Waals surface area contributed by atoms with Gasteiger partial charge < -0.3 is 18.8 Å². The minimum absolute atomic E-state index is 0.0779. The smallest absolute Gasteiger partial charge is 0.395 e. The van der Waals surface area contributed by atoms with Crippen LogP contribution in [0.3, 0.4) is 0 Å². The first-order valence-corrected chi connectivity index (χ1v) is 10.7. The Morgan fingerprint density at radius 2 is 1.81 bits per heavy atom. The van der Waals surface area contributed by atoms with E-state index in [1.165, 1.54) is 12.1 Å². The van der Waals surface area contributed by atoms with Gasteiger partial charge in [0, 0.05) is 18.2 Å². The molecule has 1 aliphatic heterocycles. The monoisotopic (exact) mass is 485 g/mol. The highest BCUT2D eigenvalue weighted by Gasteiger charge is 2.43. The van der Waals surface area contributed by atoms with Gasteiger partial charge in [0.05, 0.1) is 42.2 Å². The molecule has 0 radical (unpaired) electrons. The fourth-order valence-electron chi connectivity index (χ4n) is 3.89. The van der Waals surface area contributed by atoms with Gasteiger partial charge in [-0.3, -0.25) is 0 Å². The lowest BCUT2D eigenvalue weighted by atomic mass is 10.0. The summed E-state index contributed by atoms with van der Waals surface area (Å²) >= 11 is 0. The summed E-state index contributed by atoms with van der Waals surface area (Å²) in [4.78, 5) is 8.58. The first-order valence-electron chi connectivity index (χ1n) is 10.7. The predicted molar refractivity (Wildman–Crippen MR) is 122 cm³/mol. The van der Waals surface area contributed by atoms with Gasteiger partial charge in [-0.05, 0) is 42.0 Å². The van der Waals surface area contributed by atoms with E-state index in [1.807, 2.05) is 29.8 Å². The van der Waals surface area contributed by atoms with E-state index in [9.17, 15) is 14.0 Å². The van der Waals surface area contributed by atoms with Gasteiger partial charge in [0.15, 0.2) is 11.5 Å². The van der Waals surface area contributed by atoms with Crippen molar-refractivity contribution in [1.29, 1.82) is 10.5 Å². The number of nitriles is 2.